The minimum absolute atomic E-state index is 0.333. The molecule has 0 aliphatic carbocycles. The van der Waals surface area contributed by atoms with E-state index in [1.165, 1.54) is 6.08 Å². The molecule has 0 aliphatic rings. The van der Waals surface area contributed by atoms with Gasteiger partial charge in [-0.2, -0.15) is 5.26 Å². The summed E-state index contributed by atoms with van der Waals surface area (Å²) < 4.78 is 5.24. The molecule has 1 unspecified atom stereocenters. The van der Waals surface area contributed by atoms with Crippen LogP contribution < -0.4 is 4.74 Å². The highest BCUT2D eigenvalue weighted by Gasteiger charge is 2.06. The first-order valence-corrected chi connectivity index (χ1v) is 5.17. The number of nitrogens with zero attached hydrogens (tertiary/aromatic N) is 1. The van der Waals surface area contributed by atoms with Gasteiger partial charge in [-0.25, -0.2) is 4.79 Å². The Balaban J connectivity index is 2.87. The summed E-state index contributed by atoms with van der Waals surface area (Å²) >= 11 is 5.93. The van der Waals surface area contributed by atoms with E-state index >= 15 is 0 Å². The third-order valence-corrected chi connectivity index (χ3v) is 2.16. The zero-order chi connectivity index (χ0) is 12.8. The molecule has 5 heteroatoms. The van der Waals surface area contributed by atoms with Crippen molar-refractivity contribution < 1.29 is 14.6 Å². The third-order valence-electron chi connectivity index (χ3n) is 1.86. The fourth-order valence-electron chi connectivity index (χ4n) is 1.10. The molecule has 0 amide bonds. The number of aliphatic carboxylic acids is 1. The second kappa shape index (κ2) is 5.92. The summed E-state index contributed by atoms with van der Waals surface area (Å²) in [6.45, 7) is 1.61. The van der Waals surface area contributed by atoms with Crippen LogP contribution in [-0.4, -0.2) is 17.2 Å². The van der Waals surface area contributed by atoms with Gasteiger partial charge in [-0.05, 0) is 30.7 Å². The molecule has 1 aromatic carbocycles. The van der Waals surface area contributed by atoms with Gasteiger partial charge in [0.1, 0.15) is 11.8 Å². The van der Waals surface area contributed by atoms with Crippen LogP contribution >= 0.6 is 11.6 Å². The van der Waals surface area contributed by atoms with Gasteiger partial charge < -0.3 is 9.84 Å². The molecular formula is C12H10ClNO3. The molecule has 0 fully saturated rings. The minimum Gasteiger partial charge on any atom is -0.478 e. The number of rotatable bonds is 4. The Bertz CT molecular complexity index is 491. The molecule has 88 valence electrons. The lowest BCUT2D eigenvalue weighted by Crippen LogP contribution is -2.08. The minimum atomic E-state index is -1.03. The van der Waals surface area contributed by atoms with Gasteiger partial charge in [0.25, 0.3) is 0 Å². The standard InChI is InChI=1S/C12H10ClNO3/c1-8(7-14)17-11-4-2-9(6-10(11)13)3-5-12(15)16/h2-6,8H,1H3,(H,15,16). The fourth-order valence-corrected chi connectivity index (χ4v) is 1.33. The third kappa shape index (κ3) is 4.17. The van der Waals surface area contributed by atoms with Gasteiger partial charge in [-0.3, -0.25) is 0 Å². The maximum Gasteiger partial charge on any atom is 0.328 e. The van der Waals surface area contributed by atoms with E-state index in [0.717, 1.165) is 6.08 Å². The zero-order valence-electron chi connectivity index (χ0n) is 9.05. The quantitative estimate of drug-likeness (QED) is 0.836. The smallest absolute Gasteiger partial charge is 0.328 e. The molecule has 1 atom stereocenters. The Labute approximate surface area is 104 Å². The molecule has 0 heterocycles. The van der Waals surface area contributed by atoms with Crippen molar-refractivity contribution in [2.24, 2.45) is 0 Å². The summed E-state index contributed by atoms with van der Waals surface area (Å²) in [5.41, 5.74) is 0.648. The molecule has 0 bridgehead atoms. The van der Waals surface area contributed by atoms with Crippen molar-refractivity contribution in [2.75, 3.05) is 0 Å². The van der Waals surface area contributed by atoms with Gasteiger partial charge in [0.05, 0.1) is 5.02 Å². The summed E-state index contributed by atoms with van der Waals surface area (Å²) in [5, 5.41) is 17.4. The van der Waals surface area contributed by atoms with Crippen LogP contribution in [0.25, 0.3) is 6.08 Å². The molecule has 0 radical (unpaired) electrons. The van der Waals surface area contributed by atoms with E-state index in [4.69, 9.17) is 26.7 Å². The van der Waals surface area contributed by atoms with E-state index in [0.29, 0.717) is 16.3 Å². The van der Waals surface area contributed by atoms with Gasteiger partial charge in [0.2, 0.25) is 0 Å². The fraction of sp³-hybridized carbons (Fsp3) is 0.167. The molecule has 0 aromatic heterocycles. The van der Waals surface area contributed by atoms with Crippen LogP contribution in [0.2, 0.25) is 5.02 Å². The van der Waals surface area contributed by atoms with Gasteiger partial charge in [0, 0.05) is 6.08 Å². The maximum atomic E-state index is 10.3. The first kappa shape index (κ1) is 13.1. The Morgan fingerprint density at radius 1 is 1.65 bits per heavy atom. The number of hydrogen-bond acceptors (Lipinski definition) is 3. The van der Waals surface area contributed by atoms with Crippen molar-refractivity contribution in [2.45, 2.75) is 13.0 Å². The van der Waals surface area contributed by atoms with E-state index in [2.05, 4.69) is 0 Å². The van der Waals surface area contributed by atoms with Crippen molar-refractivity contribution in [3.8, 4) is 11.8 Å². The highest BCUT2D eigenvalue weighted by molar-refractivity contribution is 6.32. The SMILES string of the molecule is CC(C#N)Oc1ccc(C=CC(=O)O)cc1Cl. The first-order valence-electron chi connectivity index (χ1n) is 4.79. The number of nitriles is 1. The van der Waals surface area contributed by atoms with E-state index in [1.807, 2.05) is 6.07 Å². The topological polar surface area (TPSA) is 70.3 Å². The summed E-state index contributed by atoms with van der Waals surface area (Å²) in [6, 6.07) is 6.75. The lowest BCUT2D eigenvalue weighted by atomic mass is 10.2. The van der Waals surface area contributed by atoms with Crippen LogP contribution in [0.1, 0.15) is 12.5 Å². The van der Waals surface area contributed by atoms with Crippen molar-refractivity contribution in [1.29, 1.82) is 5.26 Å². The average Bonchev–Trinajstić information content (AvgIpc) is 2.29. The first-order chi connectivity index (χ1) is 8.02. The molecule has 1 rings (SSSR count). The molecular weight excluding hydrogens is 242 g/mol. The number of carbonyl (C=O) groups is 1. The lowest BCUT2D eigenvalue weighted by molar-refractivity contribution is -0.131. The number of benzene rings is 1. The molecule has 0 spiro atoms. The Hall–Kier alpha value is -1.99. The second-order valence-electron chi connectivity index (χ2n) is 3.25. The van der Waals surface area contributed by atoms with Crippen molar-refractivity contribution >= 4 is 23.6 Å². The van der Waals surface area contributed by atoms with Gasteiger partial charge in [0.15, 0.2) is 6.10 Å². The lowest BCUT2D eigenvalue weighted by Gasteiger charge is -2.09. The largest absolute Gasteiger partial charge is 0.478 e. The van der Waals surface area contributed by atoms with Crippen LogP contribution in [0.5, 0.6) is 5.75 Å². The Morgan fingerprint density at radius 2 is 2.35 bits per heavy atom. The summed E-state index contributed by atoms with van der Waals surface area (Å²) in [5.74, 6) is -0.632. The molecule has 17 heavy (non-hydrogen) atoms. The van der Waals surface area contributed by atoms with Gasteiger partial charge in [-0.15, -0.1) is 0 Å². The van der Waals surface area contributed by atoms with Crippen LogP contribution in [0.4, 0.5) is 0 Å². The zero-order valence-corrected chi connectivity index (χ0v) is 9.81. The molecule has 0 saturated carbocycles. The van der Waals surface area contributed by atoms with Crippen LogP contribution in [0.3, 0.4) is 0 Å². The highest BCUT2D eigenvalue weighted by atomic mass is 35.5. The predicted molar refractivity (Wildman–Crippen MR) is 63.8 cm³/mol. The van der Waals surface area contributed by atoms with Crippen LogP contribution in [0.15, 0.2) is 24.3 Å². The molecule has 0 saturated heterocycles. The van der Waals surface area contributed by atoms with Crippen molar-refractivity contribution in [3.05, 3.63) is 34.9 Å². The normalized spacial score (nSPS) is 12.1. The summed E-state index contributed by atoms with van der Waals surface area (Å²) in [6.07, 6.45) is 1.85. The van der Waals surface area contributed by atoms with Crippen LogP contribution in [0, 0.1) is 11.3 Å². The number of carboxylic acids is 1. The van der Waals surface area contributed by atoms with Gasteiger partial charge >= 0.3 is 5.97 Å². The molecule has 4 nitrogen and oxygen atoms in total. The maximum absolute atomic E-state index is 10.3. The molecule has 0 aliphatic heterocycles. The van der Waals surface area contributed by atoms with Gasteiger partial charge in [-0.1, -0.05) is 17.7 Å². The Morgan fingerprint density at radius 3 is 2.88 bits per heavy atom. The highest BCUT2D eigenvalue weighted by Crippen LogP contribution is 2.26. The molecule has 1 N–H and O–H groups in total. The van der Waals surface area contributed by atoms with E-state index in [1.54, 1.807) is 25.1 Å². The van der Waals surface area contributed by atoms with E-state index in [-0.39, 0.29) is 0 Å². The number of hydrogen-bond donors (Lipinski definition) is 1. The van der Waals surface area contributed by atoms with Crippen molar-refractivity contribution in [3.63, 3.8) is 0 Å². The molecule has 1 aromatic rings. The van der Waals surface area contributed by atoms with Crippen LogP contribution in [-0.2, 0) is 4.79 Å². The number of halogens is 1. The average molecular weight is 252 g/mol. The summed E-state index contributed by atoms with van der Waals surface area (Å²) in [7, 11) is 0. The number of carboxylic acid groups (broad SMARTS) is 1. The monoisotopic (exact) mass is 251 g/mol. The van der Waals surface area contributed by atoms with E-state index in [9.17, 15) is 4.79 Å². The Kier molecular flexibility index (Phi) is 4.56. The van der Waals surface area contributed by atoms with E-state index < -0.39 is 12.1 Å². The second-order valence-corrected chi connectivity index (χ2v) is 3.66. The summed E-state index contributed by atoms with van der Waals surface area (Å²) in [4.78, 5) is 10.3. The number of ether oxygens (including phenoxy) is 1. The predicted octanol–water partition coefficient (Wildman–Crippen LogP) is 2.73. The van der Waals surface area contributed by atoms with Crippen molar-refractivity contribution in [1.82, 2.24) is 0 Å².